The number of rotatable bonds is 7. The minimum atomic E-state index is -0.939. The molecule has 1 aliphatic heterocycles. The Hall–Kier alpha value is -4.17. The van der Waals surface area contributed by atoms with E-state index < -0.39 is 23.5 Å². The molecule has 9 heteroatoms. The number of benzene rings is 2. The van der Waals surface area contributed by atoms with Crippen molar-refractivity contribution in [2.45, 2.75) is 19.4 Å². The van der Waals surface area contributed by atoms with Gasteiger partial charge in [0.25, 0.3) is 11.7 Å². The second-order valence-corrected chi connectivity index (χ2v) is 8.35. The summed E-state index contributed by atoms with van der Waals surface area (Å²) in [5.74, 6) is -2.02. The van der Waals surface area contributed by atoms with Gasteiger partial charge in [0.2, 0.25) is 0 Å². The Balaban J connectivity index is 1.82. The van der Waals surface area contributed by atoms with E-state index in [0.29, 0.717) is 22.6 Å². The number of halogens is 1. The van der Waals surface area contributed by atoms with Gasteiger partial charge >= 0.3 is 5.97 Å². The zero-order valence-electron chi connectivity index (χ0n) is 19.6. The minimum Gasteiger partial charge on any atom is -0.507 e. The standard InChI is InChI=1S/C27H23ClN2O6/c1-3-36-22(31)14-16-4-6-18(7-5-16)30-24(17-10-12-29-13-11-17)23(26(33)27(30)34)25(32)20-15-19(35-2)8-9-21(20)28/h4-13,15,24,32H,3,14H2,1-2H3/b25-23+. The molecular formula is C27H23ClN2O6. The maximum atomic E-state index is 13.3. The predicted octanol–water partition coefficient (Wildman–Crippen LogP) is 4.48. The van der Waals surface area contributed by atoms with Crippen molar-refractivity contribution in [3.63, 3.8) is 0 Å². The fourth-order valence-corrected chi connectivity index (χ4v) is 4.28. The van der Waals surface area contributed by atoms with E-state index in [9.17, 15) is 19.5 Å². The van der Waals surface area contributed by atoms with E-state index in [-0.39, 0.29) is 35.2 Å². The molecule has 1 amide bonds. The van der Waals surface area contributed by atoms with Gasteiger partial charge in [0, 0.05) is 23.6 Å². The summed E-state index contributed by atoms with van der Waals surface area (Å²) in [5.41, 5.74) is 1.73. The predicted molar refractivity (Wildman–Crippen MR) is 134 cm³/mol. The van der Waals surface area contributed by atoms with Crippen LogP contribution in [0.5, 0.6) is 5.75 Å². The monoisotopic (exact) mass is 506 g/mol. The van der Waals surface area contributed by atoms with Crippen molar-refractivity contribution in [1.82, 2.24) is 4.98 Å². The number of nitrogens with zero attached hydrogens (tertiary/aromatic N) is 2. The van der Waals surface area contributed by atoms with E-state index in [2.05, 4.69) is 4.98 Å². The van der Waals surface area contributed by atoms with Crippen LogP contribution in [0.25, 0.3) is 5.76 Å². The lowest BCUT2D eigenvalue weighted by Crippen LogP contribution is -2.29. The van der Waals surface area contributed by atoms with Crippen LogP contribution in [0.2, 0.25) is 5.02 Å². The lowest BCUT2D eigenvalue weighted by atomic mass is 9.95. The van der Waals surface area contributed by atoms with E-state index in [0.717, 1.165) is 0 Å². The number of aromatic nitrogens is 1. The quantitative estimate of drug-likeness (QED) is 0.218. The molecule has 1 atom stereocenters. The van der Waals surface area contributed by atoms with Crippen molar-refractivity contribution in [3.8, 4) is 5.75 Å². The normalized spacial score (nSPS) is 16.8. The van der Waals surface area contributed by atoms with Crippen LogP contribution in [0.3, 0.4) is 0 Å². The first kappa shape index (κ1) is 24.9. The van der Waals surface area contributed by atoms with Crippen LogP contribution in [0, 0.1) is 0 Å². The molecule has 1 N–H and O–H groups in total. The van der Waals surface area contributed by atoms with Crippen molar-refractivity contribution in [1.29, 1.82) is 0 Å². The number of hydrogen-bond acceptors (Lipinski definition) is 7. The number of methoxy groups -OCH3 is 1. The highest BCUT2D eigenvalue weighted by Gasteiger charge is 2.47. The molecule has 3 aromatic rings. The Morgan fingerprint density at radius 2 is 1.78 bits per heavy atom. The Morgan fingerprint density at radius 3 is 2.42 bits per heavy atom. The molecule has 1 unspecified atom stereocenters. The highest BCUT2D eigenvalue weighted by molar-refractivity contribution is 6.52. The van der Waals surface area contributed by atoms with Crippen molar-refractivity contribution < 1.29 is 29.0 Å². The van der Waals surface area contributed by atoms with Gasteiger partial charge in [-0.3, -0.25) is 24.3 Å². The number of esters is 1. The molecule has 4 rings (SSSR count). The number of aliphatic hydroxyl groups excluding tert-OH is 1. The summed E-state index contributed by atoms with van der Waals surface area (Å²) in [6.45, 7) is 2.01. The molecule has 1 saturated heterocycles. The van der Waals surface area contributed by atoms with Crippen LogP contribution in [-0.2, 0) is 25.5 Å². The molecule has 2 heterocycles. The van der Waals surface area contributed by atoms with Gasteiger partial charge in [-0.25, -0.2) is 0 Å². The second-order valence-electron chi connectivity index (χ2n) is 7.94. The average molecular weight is 507 g/mol. The lowest BCUT2D eigenvalue weighted by molar-refractivity contribution is -0.142. The highest BCUT2D eigenvalue weighted by Crippen LogP contribution is 2.43. The van der Waals surface area contributed by atoms with Crippen LogP contribution in [0.15, 0.2) is 72.6 Å². The first-order chi connectivity index (χ1) is 17.3. The van der Waals surface area contributed by atoms with E-state index in [1.54, 1.807) is 49.4 Å². The SMILES string of the molecule is CCOC(=O)Cc1ccc(N2C(=O)C(=O)/C(=C(/O)c3cc(OC)ccc3Cl)C2c2ccncc2)cc1. The zero-order chi connectivity index (χ0) is 25.8. The Morgan fingerprint density at radius 1 is 1.08 bits per heavy atom. The summed E-state index contributed by atoms with van der Waals surface area (Å²) in [6.07, 6.45) is 3.15. The summed E-state index contributed by atoms with van der Waals surface area (Å²) in [7, 11) is 1.47. The van der Waals surface area contributed by atoms with Gasteiger partial charge < -0.3 is 14.6 Å². The number of carbonyl (C=O) groups excluding carboxylic acids is 3. The summed E-state index contributed by atoms with van der Waals surface area (Å²) in [5, 5.41) is 11.5. The molecule has 1 aromatic heterocycles. The molecule has 2 aromatic carbocycles. The average Bonchev–Trinajstić information content (AvgIpc) is 3.15. The number of pyridine rings is 1. The molecule has 1 aliphatic rings. The Bertz CT molecular complexity index is 1340. The molecule has 0 radical (unpaired) electrons. The van der Waals surface area contributed by atoms with E-state index in [4.69, 9.17) is 21.1 Å². The molecule has 0 spiro atoms. The number of carbonyl (C=O) groups is 3. The maximum Gasteiger partial charge on any atom is 0.310 e. The number of amides is 1. The van der Waals surface area contributed by atoms with E-state index in [1.165, 1.54) is 36.5 Å². The second kappa shape index (κ2) is 10.6. The zero-order valence-corrected chi connectivity index (χ0v) is 20.4. The highest BCUT2D eigenvalue weighted by atomic mass is 35.5. The minimum absolute atomic E-state index is 0.0784. The van der Waals surface area contributed by atoms with Crippen molar-refractivity contribution in [3.05, 3.63) is 94.3 Å². The first-order valence-corrected chi connectivity index (χ1v) is 11.5. The summed E-state index contributed by atoms with van der Waals surface area (Å²) >= 11 is 6.33. The molecule has 8 nitrogen and oxygen atoms in total. The number of anilines is 1. The lowest BCUT2D eigenvalue weighted by Gasteiger charge is -2.25. The van der Waals surface area contributed by atoms with E-state index in [1.807, 2.05) is 0 Å². The van der Waals surface area contributed by atoms with Crippen LogP contribution in [-0.4, -0.2) is 41.5 Å². The van der Waals surface area contributed by atoms with Gasteiger partial charge in [-0.15, -0.1) is 0 Å². The summed E-state index contributed by atoms with van der Waals surface area (Å²) in [4.78, 5) is 43.7. The molecule has 0 bridgehead atoms. The first-order valence-electron chi connectivity index (χ1n) is 11.1. The number of aliphatic hydroxyl groups is 1. The van der Waals surface area contributed by atoms with Gasteiger partial charge in [-0.05, 0) is 60.5 Å². The molecule has 1 fully saturated rings. The van der Waals surface area contributed by atoms with Crippen LogP contribution in [0.4, 0.5) is 5.69 Å². The topological polar surface area (TPSA) is 106 Å². The number of Topliss-reactive ketones (excluding diaryl/α,β-unsaturated/α-hetero) is 1. The van der Waals surface area contributed by atoms with Crippen LogP contribution < -0.4 is 9.64 Å². The molecule has 0 saturated carbocycles. The fourth-order valence-electron chi connectivity index (χ4n) is 4.07. The Kier molecular flexibility index (Phi) is 7.36. The number of ketones is 1. The third-order valence-corrected chi connectivity index (χ3v) is 6.09. The molecular weight excluding hydrogens is 484 g/mol. The largest absolute Gasteiger partial charge is 0.507 e. The van der Waals surface area contributed by atoms with Gasteiger partial charge in [0.1, 0.15) is 11.5 Å². The van der Waals surface area contributed by atoms with Gasteiger partial charge in [-0.1, -0.05) is 23.7 Å². The molecule has 184 valence electrons. The van der Waals surface area contributed by atoms with Crippen LogP contribution in [0.1, 0.15) is 29.7 Å². The van der Waals surface area contributed by atoms with Crippen molar-refractivity contribution >= 4 is 40.7 Å². The van der Waals surface area contributed by atoms with Gasteiger partial charge in [0.05, 0.1) is 36.8 Å². The van der Waals surface area contributed by atoms with Gasteiger partial charge in [0.15, 0.2) is 0 Å². The Labute approximate surface area is 212 Å². The van der Waals surface area contributed by atoms with Crippen molar-refractivity contribution in [2.75, 3.05) is 18.6 Å². The van der Waals surface area contributed by atoms with Gasteiger partial charge in [-0.2, -0.15) is 0 Å². The van der Waals surface area contributed by atoms with Crippen molar-refractivity contribution in [2.24, 2.45) is 0 Å². The summed E-state index contributed by atoms with van der Waals surface area (Å²) in [6, 6.07) is 13.7. The maximum absolute atomic E-state index is 13.3. The van der Waals surface area contributed by atoms with Crippen LogP contribution >= 0.6 is 11.6 Å². The number of hydrogen-bond donors (Lipinski definition) is 1. The number of ether oxygens (including phenoxy) is 2. The third kappa shape index (κ3) is 4.81. The summed E-state index contributed by atoms with van der Waals surface area (Å²) < 4.78 is 10.2. The van der Waals surface area contributed by atoms with E-state index >= 15 is 0 Å². The third-order valence-electron chi connectivity index (χ3n) is 5.76. The molecule has 0 aliphatic carbocycles. The smallest absolute Gasteiger partial charge is 0.310 e. The fraction of sp³-hybridized carbons (Fsp3) is 0.185. The molecule has 36 heavy (non-hydrogen) atoms.